The van der Waals surface area contributed by atoms with Crippen molar-refractivity contribution in [1.82, 2.24) is 15.5 Å². The fraction of sp³-hybridized carbons (Fsp3) is 0.359. The van der Waals surface area contributed by atoms with E-state index >= 15 is 0 Å². The molecule has 4 aromatic rings. The highest BCUT2D eigenvalue weighted by Gasteiger charge is 2.39. The number of hydrogen-bond donors (Lipinski definition) is 4. The first-order chi connectivity index (χ1) is 22.8. The fourth-order valence-corrected chi connectivity index (χ4v) is 6.12. The fourth-order valence-electron chi connectivity index (χ4n) is 6.12. The van der Waals surface area contributed by atoms with Crippen molar-refractivity contribution in [1.29, 1.82) is 0 Å². The molecule has 8 heteroatoms. The predicted molar refractivity (Wildman–Crippen MR) is 184 cm³/mol. The molecule has 5 rings (SSSR count). The summed E-state index contributed by atoms with van der Waals surface area (Å²) in [5.41, 5.74) is 6.76. The summed E-state index contributed by atoms with van der Waals surface area (Å²) in [5.74, 6) is 0.0123. The summed E-state index contributed by atoms with van der Waals surface area (Å²) in [6, 6.07) is 33.6. The van der Waals surface area contributed by atoms with E-state index in [1.165, 1.54) is 0 Å². The van der Waals surface area contributed by atoms with Crippen molar-refractivity contribution in [2.75, 3.05) is 20.1 Å². The Labute approximate surface area is 278 Å². The highest BCUT2D eigenvalue weighted by molar-refractivity contribution is 5.74. The molecule has 6 atom stereocenters. The van der Waals surface area contributed by atoms with Crippen LogP contribution in [0, 0.1) is 5.92 Å². The Morgan fingerprint density at radius 2 is 1.53 bits per heavy atom. The van der Waals surface area contributed by atoms with Gasteiger partial charge in [0.2, 0.25) is 0 Å². The Hall–Kier alpha value is -4.05. The van der Waals surface area contributed by atoms with Crippen molar-refractivity contribution in [3.05, 3.63) is 131 Å². The number of amides is 2. The number of rotatable bonds is 12. The maximum Gasteiger partial charge on any atom is 0.315 e. The van der Waals surface area contributed by atoms with Gasteiger partial charge < -0.3 is 30.3 Å². The number of carbonyl (C=O) groups is 1. The molecule has 0 aromatic heterocycles. The van der Waals surface area contributed by atoms with Crippen molar-refractivity contribution in [2.24, 2.45) is 5.92 Å². The third-order valence-corrected chi connectivity index (χ3v) is 9.17. The van der Waals surface area contributed by atoms with Gasteiger partial charge in [-0.1, -0.05) is 110 Å². The van der Waals surface area contributed by atoms with Crippen LogP contribution in [0.25, 0.3) is 11.1 Å². The Morgan fingerprint density at radius 3 is 2.21 bits per heavy atom. The number of likely N-dealkylation sites (N-methyl/N-ethyl adjacent to an activating group) is 1. The Balaban J connectivity index is 1.37. The monoisotopic (exact) mass is 637 g/mol. The lowest BCUT2D eigenvalue weighted by Gasteiger charge is -2.43. The van der Waals surface area contributed by atoms with Gasteiger partial charge in [0, 0.05) is 37.2 Å². The number of nitrogens with one attached hydrogen (secondary N) is 2. The number of hydrogen-bond acceptors (Lipinski definition) is 6. The number of aliphatic hydroxyl groups excluding tert-OH is 2. The number of carbonyl (C=O) groups excluding carboxylic acids is 1. The lowest BCUT2D eigenvalue weighted by Crippen LogP contribution is -2.46. The zero-order chi connectivity index (χ0) is 33.3. The SMILES string of the molecule is CCNC(=O)NCc1ccccc1-c1ccc([C@H]2O[C@@H](CN(C)[C@H](C)[C@@H](O)c3ccccc3)[C@@H](C)[C@@H](c3ccc(CO)cc3)O2)cc1. The van der Waals surface area contributed by atoms with E-state index in [0.29, 0.717) is 19.6 Å². The maximum absolute atomic E-state index is 12.0. The molecule has 1 saturated heterocycles. The van der Waals surface area contributed by atoms with E-state index in [0.717, 1.165) is 38.9 Å². The average molecular weight is 638 g/mol. The first kappa shape index (κ1) is 34.3. The molecule has 248 valence electrons. The number of urea groups is 1. The van der Waals surface area contributed by atoms with Gasteiger partial charge in [0.15, 0.2) is 6.29 Å². The van der Waals surface area contributed by atoms with Crippen LogP contribution in [-0.4, -0.2) is 53.4 Å². The minimum atomic E-state index is -0.638. The molecule has 0 unspecified atom stereocenters. The second kappa shape index (κ2) is 16.2. The highest BCUT2D eigenvalue weighted by Crippen LogP contribution is 2.42. The molecule has 4 N–H and O–H groups in total. The average Bonchev–Trinajstić information content (AvgIpc) is 3.11. The Bertz CT molecular complexity index is 1560. The normalized spacial score (nSPS) is 20.8. The Kier molecular flexibility index (Phi) is 11.8. The minimum absolute atomic E-state index is 0.0123. The molecule has 0 aliphatic carbocycles. The molecule has 1 fully saturated rings. The summed E-state index contributed by atoms with van der Waals surface area (Å²) < 4.78 is 13.4. The van der Waals surface area contributed by atoms with E-state index in [2.05, 4.69) is 40.7 Å². The molecule has 0 saturated carbocycles. The van der Waals surface area contributed by atoms with Gasteiger partial charge >= 0.3 is 6.03 Å². The van der Waals surface area contributed by atoms with Gasteiger partial charge in [-0.2, -0.15) is 0 Å². The maximum atomic E-state index is 12.0. The van der Waals surface area contributed by atoms with Crippen LogP contribution in [0.5, 0.6) is 0 Å². The topological polar surface area (TPSA) is 103 Å². The van der Waals surface area contributed by atoms with Crippen LogP contribution >= 0.6 is 0 Å². The zero-order valence-electron chi connectivity index (χ0n) is 27.7. The van der Waals surface area contributed by atoms with Crippen LogP contribution in [0.3, 0.4) is 0 Å². The molecule has 8 nitrogen and oxygen atoms in total. The second-order valence-corrected chi connectivity index (χ2v) is 12.3. The molecule has 0 spiro atoms. The zero-order valence-corrected chi connectivity index (χ0v) is 27.7. The van der Waals surface area contributed by atoms with Gasteiger partial charge in [0.25, 0.3) is 0 Å². The number of nitrogens with zero attached hydrogens (tertiary/aromatic N) is 1. The molecule has 1 aliphatic rings. The van der Waals surface area contributed by atoms with Crippen molar-refractivity contribution in [3.8, 4) is 11.1 Å². The van der Waals surface area contributed by atoms with Gasteiger partial charge in [-0.3, -0.25) is 4.90 Å². The van der Waals surface area contributed by atoms with Gasteiger partial charge in [-0.05, 0) is 54.3 Å². The standard InChI is InChI=1S/C39H47N3O5/c1-5-40-39(45)41-23-33-13-9-10-14-34(33)29-19-21-32(22-20-29)38-46-35(24-42(4)27(3)36(44)30-11-7-6-8-12-30)26(2)37(47-38)31-17-15-28(25-43)16-18-31/h6-22,26-27,35-38,43-44H,5,23-25H2,1-4H3,(H2,40,41,45)/t26-,27-,35+,36-,37+,38+/m1/s1. The summed E-state index contributed by atoms with van der Waals surface area (Å²) in [6.45, 7) is 7.64. The quantitative estimate of drug-likeness (QED) is 0.141. The van der Waals surface area contributed by atoms with E-state index in [1.807, 2.05) is 106 Å². The van der Waals surface area contributed by atoms with Crippen molar-refractivity contribution in [2.45, 2.75) is 64.6 Å². The van der Waals surface area contributed by atoms with Gasteiger partial charge in [0.05, 0.1) is 24.9 Å². The minimum Gasteiger partial charge on any atom is -0.392 e. The predicted octanol–water partition coefficient (Wildman–Crippen LogP) is 6.51. The van der Waals surface area contributed by atoms with Crippen molar-refractivity contribution in [3.63, 3.8) is 0 Å². The first-order valence-corrected chi connectivity index (χ1v) is 16.4. The summed E-state index contributed by atoms with van der Waals surface area (Å²) in [7, 11) is 2.02. The largest absolute Gasteiger partial charge is 0.392 e. The lowest BCUT2D eigenvalue weighted by molar-refractivity contribution is -0.276. The van der Waals surface area contributed by atoms with E-state index in [9.17, 15) is 15.0 Å². The smallest absolute Gasteiger partial charge is 0.315 e. The number of ether oxygens (including phenoxy) is 2. The summed E-state index contributed by atoms with van der Waals surface area (Å²) in [6.07, 6.45) is -1.67. The van der Waals surface area contributed by atoms with Crippen LogP contribution in [0.15, 0.2) is 103 Å². The Morgan fingerprint density at radius 1 is 0.872 bits per heavy atom. The molecular formula is C39H47N3O5. The third-order valence-electron chi connectivity index (χ3n) is 9.17. The van der Waals surface area contributed by atoms with Crippen LogP contribution in [0.4, 0.5) is 4.79 Å². The molecule has 0 radical (unpaired) electrons. The van der Waals surface area contributed by atoms with E-state index in [1.54, 1.807) is 0 Å². The van der Waals surface area contributed by atoms with E-state index in [4.69, 9.17) is 9.47 Å². The third kappa shape index (κ3) is 8.46. The van der Waals surface area contributed by atoms with Crippen LogP contribution in [0.1, 0.15) is 67.1 Å². The number of benzene rings is 4. The molecular weight excluding hydrogens is 590 g/mol. The van der Waals surface area contributed by atoms with Crippen LogP contribution < -0.4 is 10.6 Å². The van der Waals surface area contributed by atoms with Gasteiger partial charge in [-0.25, -0.2) is 4.79 Å². The van der Waals surface area contributed by atoms with Crippen LogP contribution in [-0.2, 0) is 22.6 Å². The first-order valence-electron chi connectivity index (χ1n) is 16.4. The second-order valence-electron chi connectivity index (χ2n) is 12.3. The lowest BCUT2D eigenvalue weighted by atomic mass is 9.89. The summed E-state index contributed by atoms with van der Waals surface area (Å²) >= 11 is 0. The van der Waals surface area contributed by atoms with Crippen molar-refractivity contribution >= 4 is 6.03 Å². The molecule has 4 aromatic carbocycles. The molecule has 2 amide bonds. The molecule has 1 aliphatic heterocycles. The summed E-state index contributed by atoms with van der Waals surface area (Å²) in [5, 5.41) is 26.4. The van der Waals surface area contributed by atoms with Gasteiger partial charge in [0.1, 0.15) is 0 Å². The highest BCUT2D eigenvalue weighted by atomic mass is 16.7. The van der Waals surface area contributed by atoms with E-state index < -0.39 is 12.4 Å². The molecule has 1 heterocycles. The van der Waals surface area contributed by atoms with Gasteiger partial charge in [-0.15, -0.1) is 0 Å². The number of aliphatic hydroxyl groups is 2. The summed E-state index contributed by atoms with van der Waals surface area (Å²) in [4.78, 5) is 14.2. The molecule has 47 heavy (non-hydrogen) atoms. The van der Waals surface area contributed by atoms with E-state index in [-0.39, 0.29) is 36.8 Å². The van der Waals surface area contributed by atoms with Crippen LogP contribution in [0.2, 0.25) is 0 Å². The molecule has 0 bridgehead atoms. The van der Waals surface area contributed by atoms with Crippen molar-refractivity contribution < 1.29 is 24.5 Å².